The SMILES string of the molecule is Cc1ccc2oc(C(=O)N=C=O)cc2c1. The quantitative estimate of drug-likeness (QED) is 0.525. The predicted molar refractivity (Wildman–Crippen MR) is 53.4 cm³/mol. The third kappa shape index (κ3) is 1.71. The van der Waals surface area contributed by atoms with Gasteiger partial charge in [0.15, 0.2) is 5.76 Å². The minimum absolute atomic E-state index is 0.0546. The Morgan fingerprint density at radius 3 is 2.93 bits per heavy atom. The van der Waals surface area contributed by atoms with Crippen molar-refractivity contribution in [2.75, 3.05) is 0 Å². The average Bonchev–Trinajstić information content (AvgIpc) is 2.60. The monoisotopic (exact) mass is 201 g/mol. The lowest BCUT2D eigenvalue weighted by Gasteiger charge is -1.89. The molecule has 0 aliphatic heterocycles. The van der Waals surface area contributed by atoms with Crippen molar-refractivity contribution in [3.8, 4) is 0 Å². The molecule has 2 aromatic rings. The molecule has 0 atom stereocenters. The van der Waals surface area contributed by atoms with Crippen LogP contribution in [0.1, 0.15) is 16.1 Å². The molecule has 1 aromatic heterocycles. The molecule has 0 aliphatic carbocycles. The Kier molecular flexibility index (Phi) is 2.20. The van der Waals surface area contributed by atoms with E-state index in [9.17, 15) is 9.59 Å². The molecule has 15 heavy (non-hydrogen) atoms. The summed E-state index contributed by atoms with van der Waals surface area (Å²) >= 11 is 0. The van der Waals surface area contributed by atoms with Crippen LogP contribution in [0.5, 0.6) is 0 Å². The first-order valence-electron chi connectivity index (χ1n) is 4.33. The van der Waals surface area contributed by atoms with Gasteiger partial charge in [-0.05, 0) is 25.1 Å². The molecule has 0 aliphatic rings. The zero-order valence-electron chi connectivity index (χ0n) is 7.98. The number of isocyanates is 1. The molecule has 4 heteroatoms. The molecule has 0 unspecified atom stereocenters. The average molecular weight is 201 g/mol. The van der Waals surface area contributed by atoms with Gasteiger partial charge in [0.1, 0.15) is 5.58 Å². The maximum absolute atomic E-state index is 11.2. The van der Waals surface area contributed by atoms with Gasteiger partial charge in [-0.15, -0.1) is 4.99 Å². The van der Waals surface area contributed by atoms with E-state index in [1.807, 2.05) is 19.1 Å². The van der Waals surface area contributed by atoms with Crippen LogP contribution in [0.4, 0.5) is 0 Å². The summed E-state index contributed by atoms with van der Waals surface area (Å²) in [5.41, 5.74) is 1.67. The highest BCUT2D eigenvalue weighted by Crippen LogP contribution is 2.20. The van der Waals surface area contributed by atoms with Crippen LogP contribution in [-0.4, -0.2) is 12.0 Å². The zero-order valence-corrected chi connectivity index (χ0v) is 7.98. The number of nitrogens with zero attached hydrogens (tertiary/aromatic N) is 1. The molecule has 1 amide bonds. The summed E-state index contributed by atoms with van der Waals surface area (Å²) in [7, 11) is 0. The third-order valence-electron chi connectivity index (χ3n) is 2.03. The second-order valence-electron chi connectivity index (χ2n) is 3.16. The van der Waals surface area contributed by atoms with Crippen molar-refractivity contribution in [3.05, 3.63) is 35.6 Å². The van der Waals surface area contributed by atoms with Gasteiger partial charge in [0, 0.05) is 5.39 Å². The number of carbonyl (C=O) groups is 1. The highest BCUT2D eigenvalue weighted by atomic mass is 16.3. The van der Waals surface area contributed by atoms with Gasteiger partial charge in [0.05, 0.1) is 0 Å². The Labute approximate surface area is 85.2 Å². The van der Waals surface area contributed by atoms with E-state index >= 15 is 0 Å². The maximum atomic E-state index is 11.2. The molecule has 0 saturated carbocycles. The summed E-state index contributed by atoms with van der Waals surface area (Å²) in [5.74, 6) is -0.655. The number of hydrogen-bond donors (Lipinski definition) is 0. The summed E-state index contributed by atoms with van der Waals surface area (Å²) < 4.78 is 5.22. The van der Waals surface area contributed by atoms with E-state index in [-0.39, 0.29) is 5.76 Å². The molecule has 0 saturated heterocycles. The number of carbonyl (C=O) groups excluding carboxylic acids is 2. The van der Waals surface area contributed by atoms with E-state index in [0.29, 0.717) is 5.58 Å². The van der Waals surface area contributed by atoms with Crippen LogP contribution < -0.4 is 0 Å². The minimum Gasteiger partial charge on any atom is -0.451 e. The van der Waals surface area contributed by atoms with Gasteiger partial charge in [0.25, 0.3) is 0 Å². The summed E-state index contributed by atoms with van der Waals surface area (Å²) in [4.78, 5) is 24.1. The van der Waals surface area contributed by atoms with E-state index in [4.69, 9.17) is 4.42 Å². The number of aliphatic imine (C=N–C) groups is 1. The first-order valence-corrected chi connectivity index (χ1v) is 4.33. The first-order chi connectivity index (χ1) is 7.20. The summed E-state index contributed by atoms with van der Waals surface area (Å²) in [6, 6.07) is 7.10. The van der Waals surface area contributed by atoms with Crippen molar-refractivity contribution in [3.63, 3.8) is 0 Å². The van der Waals surface area contributed by atoms with Crippen molar-refractivity contribution >= 4 is 23.0 Å². The Hall–Kier alpha value is -2.19. The normalized spacial score (nSPS) is 9.93. The lowest BCUT2D eigenvalue weighted by atomic mass is 10.2. The molecular formula is C11H7NO3. The number of amides is 1. The largest absolute Gasteiger partial charge is 0.451 e. The van der Waals surface area contributed by atoms with Crippen LogP contribution in [0, 0.1) is 6.92 Å². The van der Waals surface area contributed by atoms with Crippen molar-refractivity contribution in [1.29, 1.82) is 0 Å². The van der Waals surface area contributed by atoms with Gasteiger partial charge in [0.2, 0.25) is 6.08 Å². The number of rotatable bonds is 1. The van der Waals surface area contributed by atoms with Crippen LogP contribution in [0.15, 0.2) is 33.7 Å². The summed E-state index contributed by atoms with van der Waals surface area (Å²) in [6.45, 7) is 1.94. The predicted octanol–water partition coefficient (Wildman–Crippen LogP) is 2.22. The minimum atomic E-state index is -0.709. The molecule has 0 fully saturated rings. The molecule has 0 radical (unpaired) electrons. The van der Waals surface area contributed by atoms with E-state index in [0.717, 1.165) is 10.9 Å². The zero-order chi connectivity index (χ0) is 10.8. The van der Waals surface area contributed by atoms with Crippen LogP contribution >= 0.6 is 0 Å². The van der Waals surface area contributed by atoms with E-state index in [1.54, 1.807) is 12.1 Å². The standard InChI is InChI=1S/C11H7NO3/c1-7-2-3-9-8(4-7)5-10(15-9)11(14)12-6-13/h2-5H,1H3. The van der Waals surface area contributed by atoms with Gasteiger partial charge < -0.3 is 4.42 Å². The van der Waals surface area contributed by atoms with Gasteiger partial charge in [-0.1, -0.05) is 11.6 Å². The third-order valence-corrected chi connectivity index (χ3v) is 2.03. The topological polar surface area (TPSA) is 59.6 Å². The summed E-state index contributed by atoms with van der Waals surface area (Å²) in [6.07, 6.45) is 1.19. The summed E-state index contributed by atoms with van der Waals surface area (Å²) in [5, 5.41) is 0.819. The molecule has 0 spiro atoms. The molecular weight excluding hydrogens is 194 g/mol. The van der Waals surface area contributed by atoms with Gasteiger partial charge >= 0.3 is 5.91 Å². The fourth-order valence-electron chi connectivity index (χ4n) is 1.36. The number of furan rings is 1. The molecule has 0 N–H and O–H groups in total. The van der Waals surface area contributed by atoms with Gasteiger partial charge in [-0.25, -0.2) is 4.79 Å². The van der Waals surface area contributed by atoms with Crippen molar-refractivity contribution in [1.82, 2.24) is 0 Å². The van der Waals surface area contributed by atoms with Crippen LogP contribution in [0.25, 0.3) is 11.0 Å². The van der Waals surface area contributed by atoms with Crippen molar-refractivity contribution < 1.29 is 14.0 Å². The molecule has 1 aromatic carbocycles. The number of fused-ring (bicyclic) bond motifs is 1. The fraction of sp³-hybridized carbons (Fsp3) is 0.0909. The number of benzene rings is 1. The van der Waals surface area contributed by atoms with Crippen molar-refractivity contribution in [2.45, 2.75) is 6.92 Å². The lowest BCUT2D eigenvalue weighted by Crippen LogP contribution is -1.89. The van der Waals surface area contributed by atoms with Crippen LogP contribution in [0.2, 0.25) is 0 Å². The highest BCUT2D eigenvalue weighted by Gasteiger charge is 2.10. The fourth-order valence-corrected chi connectivity index (χ4v) is 1.36. The molecule has 4 nitrogen and oxygen atoms in total. The number of hydrogen-bond acceptors (Lipinski definition) is 3. The van der Waals surface area contributed by atoms with Crippen LogP contribution in [-0.2, 0) is 4.79 Å². The maximum Gasteiger partial charge on any atom is 0.323 e. The van der Waals surface area contributed by atoms with Gasteiger partial charge in [-0.3, -0.25) is 4.79 Å². The lowest BCUT2D eigenvalue weighted by molar-refractivity contribution is 0.0978. The second kappa shape index (κ2) is 3.52. The van der Waals surface area contributed by atoms with E-state index in [1.165, 1.54) is 6.08 Å². The Balaban J connectivity index is 2.56. The van der Waals surface area contributed by atoms with E-state index in [2.05, 4.69) is 4.99 Å². The molecule has 0 bridgehead atoms. The smallest absolute Gasteiger partial charge is 0.323 e. The van der Waals surface area contributed by atoms with Crippen LogP contribution in [0.3, 0.4) is 0 Å². The van der Waals surface area contributed by atoms with E-state index < -0.39 is 5.91 Å². The Bertz CT molecular complexity index is 577. The number of aryl methyl sites for hydroxylation is 1. The molecule has 74 valence electrons. The highest BCUT2D eigenvalue weighted by molar-refractivity contribution is 5.98. The van der Waals surface area contributed by atoms with Crippen molar-refractivity contribution in [2.24, 2.45) is 4.99 Å². The molecule has 2 rings (SSSR count). The van der Waals surface area contributed by atoms with Gasteiger partial charge in [-0.2, -0.15) is 0 Å². The Morgan fingerprint density at radius 2 is 2.20 bits per heavy atom. The first kappa shape index (κ1) is 9.37. The molecule has 1 heterocycles. The second-order valence-corrected chi connectivity index (χ2v) is 3.16. The Morgan fingerprint density at radius 1 is 1.40 bits per heavy atom.